The van der Waals surface area contributed by atoms with Crippen molar-refractivity contribution in [1.29, 1.82) is 0 Å². The summed E-state index contributed by atoms with van der Waals surface area (Å²) < 4.78 is 0. The Morgan fingerprint density at radius 3 is 2.10 bits per heavy atom. The minimum Gasteiger partial charge on any atom is -0.352 e. The zero-order chi connectivity index (χ0) is 20.5. The number of carbonyl (C=O) groups excluding carboxylic acids is 2. The molecule has 0 fully saturated rings. The van der Waals surface area contributed by atoms with Gasteiger partial charge in [0, 0.05) is 24.5 Å². The third kappa shape index (κ3) is 7.08. The van der Waals surface area contributed by atoms with Crippen LogP contribution in [0.25, 0.3) is 0 Å². The number of carbonyl (C=O) groups is 2. The molecule has 1 heterocycles. The molecule has 150 valence electrons. The van der Waals surface area contributed by atoms with Crippen LogP contribution >= 0.6 is 11.3 Å². The second-order valence-corrected chi connectivity index (χ2v) is 7.91. The lowest BCUT2D eigenvalue weighted by Gasteiger charge is -2.10. The average molecular weight is 408 g/mol. The van der Waals surface area contributed by atoms with Gasteiger partial charge in [-0.2, -0.15) is 0 Å². The molecule has 0 atom stereocenters. The molecule has 3 N–H and O–H groups in total. The van der Waals surface area contributed by atoms with Crippen molar-refractivity contribution in [2.75, 3.05) is 0 Å². The fourth-order valence-electron chi connectivity index (χ4n) is 2.82. The second-order valence-electron chi connectivity index (χ2n) is 6.87. The van der Waals surface area contributed by atoms with Gasteiger partial charge >= 0.3 is 6.03 Å². The molecule has 29 heavy (non-hydrogen) atoms. The highest BCUT2D eigenvalue weighted by Gasteiger charge is 2.05. The number of aryl methyl sites for hydroxylation is 1. The molecule has 0 unspecified atom stereocenters. The Morgan fingerprint density at radius 2 is 1.45 bits per heavy atom. The van der Waals surface area contributed by atoms with Crippen LogP contribution in [0.3, 0.4) is 0 Å². The molecule has 2 aromatic carbocycles. The van der Waals surface area contributed by atoms with Gasteiger partial charge < -0.3 is 16.0 Å². The van der Waals surface area contributed by atoms with Gasteiger partial charge in [0.2, 0.25) is 5.91 Å². The van der Waals surface area contributed by atoms with Crippen LogP contribution in [-0.2, 0) is 30.8 Å². The normalized spacial score (nSPS) is 10.4. The number of thiophene rings is 1. The van der Waals surface area contributed by atoms with Gasteiger partial charge in [-0.1, -0.05) is 60.2 Å². The Hall–Kier alpha value is -3.12. The lowest BCUT2D eigenvalue weighted by molar-refractivity contribution is -0.120. The molecule has 0 radical (unpaired) electrons. The van der Waals surface area contributed by atoms with Crippen molar-refractivity contribution in [2.45, 2.75) is 33.0 Å². The Labute approximate surface area is 175 Å². The smallest absolute Gasteiger partial charge is 0.315 e. The first-order chi connectivity index (χ1) is 14.1. The molecule has 3 aromatic rings. The Balaban J connectivity index is 1.41. The highest BCUT2D eigenvalue weighted by atomic mass is 32.1. The van der Waals surface area contributed by atoms with Crippen LogP contribution in [0, 0.1) is 6.92 Å². The Morgan fingerprint density at radius 1 is 0.793 bits per heavy atom. The van der Waals surface area contributed by atoms with Crippen LogP contribution in [0.1, 0.15) is 27.1 Å². The largest absolute Gasteiger partial charge is 0.352 e. The topological polar surface area (TPSA) is 70.2 Å². The third-order valence-corrected chi connectivity index (χ3v) is 5.30. The molecule has 0 saturated carbocycles. The number of amides is 3. The number of benzene rings is 2. The fraction of sp³-hybridized carbons (Fsp3) is 0.217. The predicted octanol–water partition coefficient (Wildman–Crippen LogP) is 3.91. The van der Waals surface area contributed by atoms with Gasteiger partial charge in [-0.15, -0.1) is 11.3 Å². The molecule has 0 aliphatic rings. The molecule has 0 aliphatic carbocycles. The SMILES string of the molecule is Cc1ccc(CNC(=O)NCc2cccc(CNC(=O)Cc3cccs3)c2)cc1. The number of hydrogen-bond acceptors (Lipinski definition) is 3. The van der Waals surface area contributed by atoms with E-state index < -0.39 is 0 Å². The first-order valence-electron chi connectivity index (χ1n) is 9.52. The van der Waals surface area contributed by atoms with Gasteiger partial charge in [0.15, 0.2) is 0 Å². The summed E-state index contributed by atoms with van der Waals surface area (Å²) in [6, 6.07) is 19.6. The monoisotopic (exact) mass is 407 g/mol. The van der Waals surface area contributed by atoms with E-state index in [1.165, 1.54) is 5.56 Å². The molecular formula is C23H25N3O2S. The van der Waals surface area contributed by atoms with Gasteiger partial charge in [-0.05, 0) is 35.1 Å². The van der Waals surface area contributed by atoms with E-state index in [-0.39, 0.29) is 11.9 Å². The van der Waals surface area contributed by atoms with Crippen LogP contribution < -0.4 is 16.0 Å². The van der Waals surface area contributed by atoms with Gasteiger partial charge in [-0.3, -0.25) is 4.79 Å². The van der Waals surface area contributed by atoms with E-state index in [1.807, 2.05) is 73.0 Å². The van der Waals surface area contributed by atoms with Crippen molar-refractivity contribution in [3.05, 3.63) is 93.2 Å². The highest BCUT2D eigenvalue weighted by molar-refractivity contribution is 7.10. The Bertz CT molecular complexity index is 937. The highest BCUT2D eigenvalue weighted by Crippen LogP contribution is 2.09. The summed E-state index contributed by atoms with van der Waals surface area (Å²) in [5.41, 5.74) is 4.25. The number of nitrogens with one attached hydrogen (secondary N) is 3. The summed E-state index contributed by atoms with van der Waals surface area (Å²) in [7, 11) is 0. The molecule has 0 bridgehead atoms. The molecular weight excluding hydrogens is 382 g/mol. The van der Waals surface area contributed by atoms with Crippen molar-refractivity contribution in [3.63, 3.8) is 0 Å². The second kappa shape index (κ2) is 10.4. The van der Waals surface area contributed by atoms with E-state index in [9.17, 15) is 9.59 Å². The molecule has 5 nitrogen and oxygen atoms in total. The molecule has 0 spiro atoms. The van der Waals surface area contributed by atoms with E-state index >= 15 is 0 Å². The van der Waals surface area contributed by atoms with Gasteiger partial charge in [-0.25, -0.2) is 4.79 Å². The zero-order valence-corrected chi connectivity index (χ0v) is 17.2. The molecule has 3 amide bonds. The lowest BCUT2D eigenvalue weighted by atomic mass is 10.1. The van der Waals surface area contributed by atoms with Crippen molar-refractivity contribution in [3.8, 4) is 0 Å². The number of hydrogen-bond donors (Lipinski definition) is 3. The summed E-state index contributed by atoms with van der Waals surface area (Å²) in [4.78, 5) is 25.1. The van der Waals surface area contributed by atoms with Crippen LogP contribution in [0.15, 0.2) is 66.0 Å². The van der Waals surface area contributed by atoms with E-state index in [2.05, 4.69) is 16.0 Å². The average Bonchev–Trinajstić information content (AvgIpc) is 3.23. The molecule has 0 aliphatic heterocycles. The van der Waals surface area contributed by atoms with Crippen LogP contribution in [0.2, 0.25) is 0 Å². The van der Waals surface area contributed by atoms with E-state index in [1.54, 1.807) is 11.3 Å². The van der Waals surface area contributed by atoms with E-state index in [0.717, 1.165) is 21.6 Å². The summed E-state index contributed by atoms with van der Waals surface area (Å²) >= 11 is 1.58. The van der Waals surface area contributed by atoms with Gasteiger partial charge in [0.25, 0.3) is 0 Å². The molecule has 6 heteroatoms. The first-order valence-corrected chi connectivity index (χ1v) is 10.4. The van der Waals surface area contributed by atoms with Gasteiger partial charge in [0.1, 0.15) is 0 Å². The quantitative estimate of drug-likeness (QED) is 0.530. The molecule has 3 rings (SSSR count). The number of rotatable bonds is 8. The van der Waals surface area contributed by atoms with Crippen molar-refractivity contribution >= 4 is 23.3 Å². The maximum atomic E-state index is 12.0. The third-order valence-electron chi connectivity index (χ3n) is 4.42. The van der Waals surface area contributed by atoms with Crippen LogP contribution in [-0.4, -0.2) is 11.9 Å². The summed E-state index contributed by atoms with van der Waals surface area (Å²) in [6.07, 6.45) is 0.403. The fourth-order valence-corrected chi connectivity index (χ4v) is 3.52. The van der Waals surface area contributed by atoms with E-state index in [0.29, 0.717) is 26.1 Å². The lowest BCUT2D eigenvalue weighted by Crippen LogP contribution is -2.34. The van der Waals surface area contributed by atoms with Crippen LogP contribution in [0.4, 0.5) is 4.79 Å². The maximum absolute atomic E-state index is 12.0. The van der Waals surface area contributed by atoms with Crippen molar-refractivity contribution < 1.29 is 9.59 Å². The summed E-state index contributed by atoms with van der Waals surface area (Å²) in [5.74, 6) is 0.00598. The minimum atomic E-state index is -0.208. The number of urea groups is 1. The molecule has 1 aromatic heterocycles. The molecule has 0 saturated heterocycles. The minimum absolute atomic E-state index is 0.00598. The first kappa shape index (κ1) is 20.6. The summed E-state index contributed by atoms with van der Waals surface area (Å²) in [5, 5.41) is 10.6. The van der Waals surface area contributed by atoms with E-state index in [4.69, 9.17) is 0 Å². The van der Waals surface area contributed by atoms with Crippen molar-refractivity contribution in [2.24, 2.45) is 0 Å². The maximum Gasteiger partial charge on any atom is 0.315 e. The standard InChI is InChI=1S/C23H25N3O2S/c1-17-7-9-18(10-8-17)14-25-23(28)26-16-20-5-2-4-19(12-20)15-24-22(27)13-21-6-3-11-29-21/h2-12H,13-16H2,1H3,(H,24,27)(H2,25,26,28). The van der Waals surface area contributed by atoms with Gasteiger partial charge in [0.05, 0.1) is 6.42 Å². The summed E-state index contributed by atoms with van der Waals surface area (Å²) in [6.45, 7) is 3.42. The zero-order valence-electron chi connectivity index (χ0n) is 16.4. The predicted molar refractivity (Wildman–Crippen MR) is 117 cm³/mol. The van der Waals surface area contributed by atoms with Crippen molar-refractivity contribution in [1.82, 2.24) is 16.0 Å². The van der Waals surface area contributed by atoms with Crippen LogP contribution in [0.5, 0.6) is 0 Å². The Kier molecular flexibility index (Phi) is 7.41.